The van der Waals surface area contributed by atoms with Gasteiger partial charge in [0.05, 0.1) is 0 Å². The molecule has 0 amide bonds. The van der Waals surface area contributed by atoms with Crippen molar-refractivity contribution in [3.05, 3.63) is 93.5 Å². The van der Waals surface area contributed by atoms with Gasteiger partial charge < -0.3 is 0 Å². The van der Waals surface area contributed by atoms with E-state index in [9.17, 15) is 0 Å². The normalized spacial score (nSPS) is 18.6. The highest BCUT2D eigenvalue weighted by molar-refractivity contribution is 5.83. The van der Waals surface area contributed by atoms with Gasteiger partial charge >= 0.3 is 0 Å². The zero-order valence-electron chi connectivity index (χ0n) is 19.3. The zero-order chi connectivity index (χ0) is 21.6. The van der Waals surface area contributed by atoms with E-state index < -0.39 is 0 Å². The molecule has 154 valence electrons. The summed E-state index contributed by atoms with van der Waals surface area (Å²) in [7, 11) is 0. The van der Waals surface area contributed by atoms with E-state index in [0.29, 0.717) is 6.04 Å². The fourth-order valence-corrected chi connectivity index (χ4v) is 5.40. The first-order valence-corrected chi connectivity index (χ1v) is 10.9. The van der Waals surface area contributed by atoms with Crippen molar-refractivity contribution in [1.29, 1.82) is 0 Å². The van der Waals surface area contributed by atoms with E-state index in [1.54, 1.807) is 0 Å². The molecule has 2 atom stereocenters. The lowest BCUT2D eigenvalue weighted by molar-refractivity contribution is -0.480. The minimum atomic E-state index is 0.256. The Hall–Kier alpha value is -2.87. The van der Waals surface area contributed by atoms with Crippen LogP contribution in [0.3, 0.4) is 0 Å². The second kappa shape index (κ2) is 7.75. The van der Waals surface area contributed by atoms with Crippen molar-refractivity contribution in [2.24, 2.45) is 0 Å². The number of hydrogen-bond acceptors (Lipinski definition) is 1. The van der Waals surface area contributed by atoms with Crippen molar-refractivity contribution in [2.75, 3.05) is 4.90 Å². The topological polar surface area (TPSA) is 6.25 Å². The van der Waals surface area contributed by atoms with Crippen molar-refractivity contribution in [3.63, 3.8) is 0 Å². The number of rotatable bonds is 3. The van der Waals surface area contributed by atoms with Crippen LogP contribution in [-0.2, 0) is 0 Å². The summed E-state index contributed by atoms with van der Waals surface area (Å²) in [5.41, 5.74) is 12.0. The van der Waals surface area contributed by atoms with Gasteiger partial charge in [-0.05, 0) is 70.7 Å². The van der Waals surface area contributed by atoms with Crippen LogP contribution in [0.25, 0.3) is 0 Å². The zero-order valence-corrected chi connectivity index (χ0v) is 19.3. The van der Waals surface area contributed by atoms with E-state index in [1.165, 1.54) is 50.3 Å². The van der Waals surface area contributed by atoms with Crippen LogP contribution in [0.15, 0.2) is 54.6 Å². The van der Waals surface area contributed by atoms with Crippen LogP contribution in [0.4, 0.5) is 11.4 Å². The number of aryl methyl sites for hydroxylation is 6. The van der Waals surface area contributed by atoms with Gasteiger partial charge in [0, 0.05) is 5.56 Å². The van der Waals surface area contributed by atoms with Crippen LogP contribution in [0.5, 0.6) is 0 Å². The minimum absolute atomic E-state index is 0.256. The molecular formula is C28H33N2+. The Morgan fingerprint density at radius 1 is 0.700 bits per heavy atom. The van der Waals surface area contributed by atoms with Crippen LogP contribution in [0, 0.1) is 41.5 Å². The van der Waals surface area contributed by atoms with Crippen LogP contribution in [0.2, 0.25) is 0 Å². The van der Waals surface area contributed by atoms with Crippen molar-refractivity contribution < 1.29 is 4.58 Å². The summed E-state index contributed by atoms with van der Waals surface area (Å²) in [5, 5.41) is 0. The molecule has 1 aliphatic rings. The predicted molar refractivity (Wildman–Crippen MR) is 128 cm³/mol. The number of nitrogens with zero attached hydrogens (tertiary/aromatic N) is 2. The van der Waals surface area contributed by atoms with E-state index in [-0.39, 0.29) is 6.04 Å². The fraction of sp³-hybridized carbons (Fsp3) is 0.321. The molecule has 0 fully saturated rings. The van der Waals surface area contributed by atoms with Gasteiger partial charge in [-0.15, -0.1) is 0 Å². The van der Waals surface area contributed by atoms with E-state index in [1.807, 2.05) is 0 Å². The molecule has 2 heteroatoms. The summed E-state index contributed by atoms with van der Waals surface area (Å²) in [5.74, 6) is 0. The molecule has 0 bridgehead atoms. The summed E-state index contributed by atoms with van der Waals surface area (Å²) < 4.78 is 2.50. The molecule has 0 saturated carbocycles. The highest BCUT2D eigenvalue weighted by Crippen LogP contribution is 2.40. The van der Waals surface area contributed by atoms with Gasteiger partial charge in [0.2, 0.25) is 6.34 Å². The SMILES string of the molecule is Cc1cc(C)c(N2C=[N+](c3c(C)cc(C)cc3C)C(c3ccccc3)C2C)c(C)c1. The van der Waals surface area contributed by atoms with Gasteiger partial charge in [0.1, 0.15) is 17.4 Å². The maximum absolute atomic E-state index is 2.50. The van der Waals surface area contributed by atoms with Crippen LogP contribution >= 0.6 is 0 Å². The number of hydrogen-bond donors (Lipinski definition) is 0. The largest absolute Gasteiger partial charge is 0.245 e. The molecule has 3 aromatic rings. The second-order valence-electron chi connectivity index (χ2n) is 9.02. The Labute approximate surface area is 181 Å². The summed E-state index contributed by atoms with van der Waals surface area (Å²) >= 11 is 0. The molecule has 0 saturated heterocycles. The Balaban J connectivity index is 1.94. The average molecular weight is 398 g/mol. The quantitative estimate of drug-likeness (QED) is 0.438. The Morgan fingerprint density at radius 3 is 1.73 bits per heavy atom. The lowest BCUT2D eigenvalue weighted by atomic mass is 9.96. The Bertz CT molecular complexity index is 1080. The van der Waals surface area contributed by atoms with E-state index in [2.05, 4.69) is 119 Å². The van der Waals surface area contributed by atoms with Crippen molar-refractivity contribution in [1.82, 2.24) is 0 Å². The molecule has 0 radical (unpaired) electrons. The average Bonchev–Trinajstić information content (AvgIpc) is 2.97. The summed E-state index contributed by atoms with van der Waals surface area (Å²) in [6.45, 7) is 15.7. The molecule has 4 rings (SSSR count). The molecule has 30 heavy (non-hydrogen) atoms. The smallest absolute Gasteiger partial charge is 0.226 e. The summed E-state index contributed by atoms with van der Waals surface area (Å²) in [6.07, 6.45) is 2.34. The summed E-state index contributed by atoms with van der Waals surface area (Å²) in [4.78, 5) is 2.49. The van der Waals surface area contributed by atoms with Crippen molar-refractivity contribution in [2.45, 2.75) is 60.5 Å². The Morgan fingerprint density at radius 2 is 1.20 bits per heavy atom. The van der Waals surface area contributed by atoms with Crippen molar-refractivity contribution >= 4 is 17.7 Å². The highest BCUT2D eigenvalue weighted by atomic mass is 15.3. The van der Waals surface area contributed by atoms with Gasteiger partial charge in [-0.1, -0.05) is 65.7 Å². The predicted octanol–water partition coefficient (Wildman–Crippen LogP) is 6.86. The van der Waals surface area contributed by atoms with E-state index >= 15 is 0 Å². The highest BCUT2D eigenvalue weighted by Gasteiger charge is 2.43. The molecular weight excluding hydrogens is 364 g/mol. The number of anilines is 1. The van der Waals surface area contributed by atoms with Gasteiger partial charge in [0.25, 0.3) is 0 Å². The lowest BCUT2D eigenvalue weighted by Crippen LogP contribution is -2.32. The van der Waals surface area contributed by atoms with Gasteiger partial charge in [0.15, 0.2) is 6.04 Å². The van der Waals surface area contributed by atoms with Gasteiger partial charge in [-0.3, -0.25) is 0 Å². The van der Waals surface area contributed by atoms with Gasteiger partial charge in [-0.25, -0.2) is 9.48 Å². The molecule has 2 unspecified atom stereocenters. The third-order valence-electron chi connectivity index (χ3n) is 6.37. The molecule has 3 aromatic carbocycles. The van der Waals surface area contributed by atoms with E-state index in [0.717, 1.165) is 0 Å². The van der Waals surface area contributed by atoms with Crippen molar-refractivity contribution in [3.8, 4) is 0 Å². The van der Waals surface area contributed by atoms with Crippen LogP contribution in [-0.4, -0.2) is 17.0 Å². The maximum atomic E-state index is 2.50. The second-order valence-corrected chi connectivity index (χ2v) is 9.02. The van der Waals surface area contributed by atoms with Gasteiger partial charge in [-0.2, -0.15) is 0 Å². The standard InChI is InChI=1S/C28H33N2/c1-18-13-20(3)26(21(4)14-18)29-17-30(27-22(5)15-19(2)16-23(27)6)28(24(29)7)25-11-9-8-10-12-25/h8-17,24,28H,1-7H3/q+1. The first kappa shape index (κ1) is 20.4. The molecule has 0 aliphatic carbocycles. The van der Waals surface area contributed by atoms with Crippen LogP contribution < -0.4 is 4.90 Å². The lowest BCUT2D eigenvalue weighted by Gasteiger charge is -2.23. The van der Waals surface area contributed by atoms with E-state index in [4.69, 9.17) is 0 Å². The molecule has 1 heterocycles. The third-order valence-corrected chi connectivity index (χ3v) is 6.37. The molecule has 0 spiro atoms. The first-order chi connectivity index (χ1) is 14.3. The fourth-order valence-electron chi connectivity index (χ4n) is 5.40. The molecule has 0 N–H and O–H groups in total. The molecule has 1 aliphatic heterocycles. The minimum Gasteiger partial charge on any atom is -0.226 e. The third kappa shape index (κ3) is 3.45. The monoisotopic (exact) mass is 397 g/mol. The number of benzene rings is 3. The van der Waals surface area contributed by atoms with Crippen LogP contribution in [0.1, 0.15) is 51.9 Å². The maximum Gasteiger partial charge on any atom is 0.245 e. The summed E-state index contributed by atoms with van der Waals surface area (Å²) in [6, 6.07) is 20.7. The Kier molecular flexibility index (Phi) is 5.27. The first-order valence-electron chi connectivity index (χ1n) is 10.9. The molecule has 2 nitrogen and oxygen atoms in total. The molecule has 0 aromatic heterocycles.